The van der Waals surface area contributed by atoms with Crippen molar-refractivity contribution in [3.8, 4) is 17.5 Å². The molecule has 1 aliphatic heterocycles. The Morgan fingerprint density at radius 2 is 1.50 bits per heavy atom. The molecule has 1 atom stereocenters. The number of aromatic nitrogens is 3. The van der Waals surface area contributed by atoms with Crippen LogP contribution in [0.1, 0.15) is 48.5 Å². The summed E-state index contributed by atoms with van der Waals surface area (Å²) in [5.74, 6) is 1.79. The molecule has 2 amide bonds. The lowest BCUT2D eigenvalue weighted by Gasteiger charge is -2.40. The lowest BCUT2D eigenvalue weighted by molar-refractivity contribution is 0.0217. The summed E-state index contributed by atoms with van der Waals surface area (Å²) in [6.45, 7) is 16.2. The second-order valence-electron chi connectivity index (χ2n) is 12.0. The van der Waals surface area contributed by atoms with Gasteiger partial charge < -0.3 is 43.5 Å². The van der Waals surface area contributed by atoms with Crippen molar-refractivity contribution in [2.24, 2.45) is 0 Å². The Hall–Kier alpha value is -4.07. The van der Waals surface area contributed by atoms with E-state index >= 15 is 0 Å². The maximum atomic E-state index is 12.5. The molecule has 0 spiro atoms. The van der Waals surface area contributed by atoms with E-state index < -0.39 is 17.3 Å². The zero-order chi connectivity index (χ0) is 32.2. The summed E-state index contributed by atoms with van der Waals surface area (Å²) < 4.78 is 33.8. The number of carbonyl (C=O) groups excluding carboxylic acids is 2. The number of hydrogen-bond acceptors (Lipinski definition) is 12. The predicted octanol–water partition coefficient (Wildman–Crippen LogP) is 3.70. The van der Waals surface area contributed by atoms with Crippen LogP contribution in [0.25, 0.3) is 0 Å². The molecule has 14 heteroatoms. The molecule has 44 heavy (non-hydrogen) atoms. The zero-order valence-electron chi connectivity index (χ0n) is 26.8. The first-order valence-electron chi connectivity index (χ1n) is 14.8. The van der Waals surface area contributed by atoms with E-state index in [9.17, 15) is 9.59 Å². The van der Waals surface area contributed by atoms with E-state index in [4.69, 9.17) is 28.4 Å². The normalized spacial score (nSPS) is 15.4. The van der Waals surface area contributed by atoms with Crippen LogP contribution in [0.15, 0.2) is 30.7 Å². The van der Waals surface area contributed by atoms with E-state index in [1.54, 1.807) is 56.4 Å². The third-order valence-electron chi connectivity index (χ3n) is 5.89. The summed E-state index contributed by atoms with van der Waals surface area (Å²) in [4.78, 5) is 41.1. The second kappa shape index (κ2) is 16.1. The highest BCUT2D eigenvalue weighted by Crippen LogP contribution is 2.28. The van der Waals surface area contributed by atoms with Crippen LogP contribution in [0.4, 0.5) is 15.4 Å². The minimum atomic E-state index is -0.550. The summed E-state index contributed by atoms with van der Waals surface area (Å²) in [6, 6.07) is 3.49. The summed E-state index contributed by atoms with van der Waals surface area (Å²) in [5, 5.41) is 2.63. The van der Waals surface area contributed by atoms with Gasteiger partial charge in [-0.1, -0.05) is 0 Å². The lowest BCUT2D eigenvalue weighted by atomic mass is 10.2. The molecule has 0 bridgehead atoms. The number of hydrogen-bond donors (Lipinski definition) is 1. The number of alkyl carbamates (subject to hydrolysis) is 1. The molecule has 2 aromatic heterocycles. The monoisotopic (exact) mass is 618 g/mol. The van der Waals surface area contributed by atoms with Gasteiger partial charge in [0.2, 0.25) is 0 Å². The first kappa shape index (κ1) is 34.4. The van der Waals surface area contributed by atoms with Gasteiger partial charge >= 0.3 is 12.2 Å². The number of amides is 2. The van der Waals surface area contributed by atoms with Gasteiger partial charge in [0.15, 0.2) is 11.6 Å². The molecule has 3 rings (SSSR count). The van der Waals surface area contributed by atoms with E-state index in [1.165, 1.54) is 0 Å². The average molecular weight is 619 g/mol. The van der Waals surface area contributed by atoms with Gasteiger partial charge in [-0.05, 0) is 60.6 Å². The molecule has 1 fully saturated rings. The van der Waals surface area contributed by atoms with E-state index in [1.807, 2.05) is 27.7 Å². The topological polar surface area (TPSA) is 147 Å². The molecular weight excluding hydrogens is 572 g/mol. The van der Waals surface area contributed by atoms with Gasteiger partial charge in [-0.25, -0.2) is 24.5 Å². The minimum Gasteiger partial charge on any atom is -0.484 e. The lowest BCUT2D eigenvalue weighted by Crippen LogP contribution is -2.55. The SMILES string of the molecule is C[C@@H]1CN(C(=O)OC(C)(C)C)CCN1c1nccnc1OCCOc1cccnc1OCCOCCNC(=O)OC(C)(C)C. The fraction of sp³-hybridized carbons (Fsp3) is 0.633. The van der Waals surface area contributed by atoms with E-state index in [2.05, 4.69) is 25.2 Å². The Kier molecular flexibility index (Phi) is 12.6. The van der Waals surface area contributed by atoms with Crippen LogP contribution in [0, 0.1) is 0 Å². The van der Waals surface area contributed by atoms with Crippen molar-refractivity contribution >= 4 is 18.0 Å². The smallest absolute Gasteiger partial charge is 0.410 e. The van der Waals surface area contributed by atoms with Crippen molar-refractivity contribution in [1.82, 2.24) is 25.2 Å². The molecule has 0 aromatic carbocycles. The van der Waals surface area contributed by atoms with Crippen molar-refractivity contribution in [3.63, 3.8) is 0 Å². The summed E-state index contributed by atoms with van der Waals surface area (Å²) in [5.41, 5.74) is -1.10. The molecule has 0 unspecified atom stereocenters. The number of ether oxygens (including phenoxy) is 6. The van der Waals surface area contributed by atoms with Crippen LogP contribution < -0.4 is 24.4 Å². The van der Waals surface area contributed by atoms with Crippen LogP contribution in [0.3, 0.4) is 0 Å². The van der Waals surface area contributed by atoms with Gasteiger partial charge in [0.05, 0.1) is 13.2 Å². The molecule has 1 N–H and O–H groups in total. The molecule has 14 nitrogen and oxygen atoms in total. The van der Waals surface area contributed by atoms with E-state index in [-0.39, 0.29) is 32.0 Å². The number of carbonyl (C=O) groups is 2. The van der Waals surface area contributed by atoms with Crippen molar-refractivity contribution < 1.29 is 38.0 Å². The van der Waals surface area contributed by atoms with Gasteiger partial charge in [-0.3, -0.25) is 0 Å². The van der Waals surface area contributed by atoms with E-state index in [0.29, 0.717) is 62.7 Å². The maximum Gasteiger partial charge on any atom is 0.410 e. The highest BCUT2D eigenvalue weighted by Gasteiger charge is 2.32. The standard InChI is InChI=1S/C30H46N6O8/c1-22-21-35(28(38)44-30(5,6)7)14-15-36(22)24-26(33-12-11-31-24)42-20-19-40-23-9-8-10-32-25(23)41-18-17-39-16-13-34-27(37)43-29(2,3)4/h8-12,22H,13-21H2,1-7H3,(H,34,37)/t22-/m1/s1. The number of nitrogens with zero attached hydrogens (tertiary/aromatic N) is 5. The first-order valence-corrected chi connectivity index (χ1v) is 14.8. The predicted molar refractivity (Wildman–Crippen MR) is 162 cm³/mol. The maximum absolute atomic E-state index is 12.5. The number of rotatable bonds is 13. The summed E-state index contributed by atoms with van der Waals surface area (Å²) in [7, 11) is 0. The summed E-state index contributed by atoms with van der Waals surface area (Å²) >= 11 is 0. The fourth-order valence-corrected chi connectivity index (χ4v) is 4.10. The van der Waals surface area contributed by atoms with Crippen molar-refractivity contribution in [1.29, 1.82) is 0 Å². The van der Waals surface area contributed by atoms with Crippen LogP contribution in [-0.2, 0) is 14.2 Å². The van der Waals surface area contributed by atoms with Gasteiger partial charge in [-0.2, -0.15) is 0 Å². The quantitative estimate of drug-likeness (QED) is 0.327. The minimum absolute atomic E-state index is 0.0214. The van der Waals surface area contributed by atoms with Crippen LogP contribution in [-0.4, -0.2) is 108 Å². The number of piperazine rings is 1. The van der Waals surface area contributed by atoms with Crippen LogP contribution >= 0.6 is 0 Å². The van der Waals surface area contributed by atoms with E-state index in [0.717, 1.165) is 0 Å². The average Bonchev–Trinajstić information content (AvgIpc) is 2.94. The molecule has 2 aromatic rings. The zero-order valence-corrected chi connectivity index (χ0v) is 26.8. The Morgan fingerprint density at radius 1 is 0.841 bits per heavy atom. The first-order chi connectivity index (χ1) is 20.8. The van der Waals surface area contributed by atoms with Gasteiger partial charge in [0.25, 0.3) is 11.8 Å². The van der Waals surface area contributed by atoms with Gasteiger partial charge in [-0.15, -0.1) is 0 Å². The fourth-order valence-electron chi connectivity index (χ4n) is 4.10. The Balaban J connectivity index is 1.41. The Morgan fingerprint density at radius 3 is 2.23 bits per heavy atom. The molecule has 0 aliphatic carbocycles. The third-order valence-corrected chi connectivity index (χ3v) is 5.89. The molecular formula is C30H46N6O8. The highest BCUT2D eigenvalue weighted by molar-refractivity contribution is 5.69. The molecule has 1 saturated heterocycles. The van der Waals surface area contributed by atoms with Gasteiger partial charge in [0, 0.05) is 50.8 Å². The molecule has 0 saturated carbocycles. The second-order valence-corrected chi connectivity index (χ2v) is 12.0. The number of pyridine rings is 1. The Labute approximate surface area is 259 Å². The Bertz CT molecular complexity index is 1200. The van der Waals surface area contributed by atoms with Gasteiger partial charge in [0.1, 0.15) is 31.0 Å². The molecule has 0 radical (unpaired) electrons. The molecule has 1 aliphatic rings. The highest BCUT2D eigenvalue weighted by atomic mass is 16.6. The van der Waals surface area contributed by atoms with Crippen LogP contribution in [0.5, 0.6) is 17.5 Å². The van der Waals surface area contributed by atoms with Crippen molar-refractivity contribution in [2.75, 3.05) is 64.1 Å². The van der Waals surface area contributed by atoms with Crippen molar-refractivity contribution in [2.45, 2.75) is 65.7 Å². The summed E-state index contributed by atoms with van der Waals surface area (Å²) in [6.07, 6.45) is 3.99. The van der Waals surface area contributed by atoms with Crippen molar-refractivity contribution in [3.05, 3.63) is 30.7 Å². The van der Waals surface area contributed by atoms with Crippen LogP contribution in [0.2, 0.25) is 0 Å². The number of anilines is 1. The third kappa shape index (κ3) is 11.9. The largest absolute Gasteiger partial charge is 0.484 e. The molecule has 3 heterocycles. The number of nitrogens with one attached hydrogen (secondary N) is 1. The molecule has 244 valence electrons.